The molecule has 2 aliphatic rings. The number of nitrogens with one attached hydrogen (secondary N) is 2. The Morgan fingerprint density at radius 1 is 1.13 bits per heavy atom. The van der Waals surface area contributed by atoms with E-state index in [1.54, 1.807) is 0 Å². The minimum atomic E-state index is -0.188. The molecule has 2 atom stereocenters. The van der Waals surface area contributed by atoms with Gasteiger partial charge in [-0.15, -0.1) is 0 Å². The highest BCUT2D eigenvalue weighted by Gasteiger charge is 2.32. The summed E-state index contributed by atoms with van der Waals surface area (Å²) >= 11 is 0. The Labute approximate surface area is 140 Å². The minimum absolute atomic E-state index is 0.136. The van der Waals surface area contributed by atoms with Crippen LogP contribution in [0.25, 0.3) is 0 Å². The van der Waals surface area contributed by atoms with Crippen molar-refractivity contribution >= 4 is 5.97 Å². The van der Waals surface area contributed by atoms with Crippen molar-refractivity contribution in [3.8, 4) is 0 Å². The Bertz CT molecular complexity index is 373. The van der Waals surface area contributed by atoms with E-state index in [0.29, 0.717) is 6.04 Å². The summed E-state index contributed by atoms with van der Waals surface area (Å²) in [5.41, 5.74) is 0. The first-order valence-electron chi connectivity index (χ1n) is 9.22. The molecule has 1 radical (unpaired) electrons. The van der Waals surface area contributed by atoms with Crippen LogP contribution < -0.4 is 15.5 Å². The number of allylic oxidation sites excluding steroid dienone is 2. The lowest BCUT2D eigenvalue weighted by Gasteiger charge is -2.28. The molecular weight excluding hydrogens is 290 g/mol. The average Bonchev–Trinajstić information content (AvgIpc) is 2.59. The second-order valence-electron chi connectivity index (χ2n) is 6.65. The summed E-state index contributed by atoms with van der Waals surface area (Å²) in [5, 5.41) is 7.04. The van der Waals surface area contributed by atoms with E-state index in [1.807, 2.05) is 0 Å². The number of rotatable bonds is 1. The maximum atomic E-state index is 12.0. The van der Waals surface area contributed by atoms with E-state index < -0.39 is 0 Å². The average molecular weight is 323 g/mol. The van der Waals surface area contributed by atoms with Gasteiger partial charge < -0.3 is 4.74 Å². The molecule has 5 nitrogen and oxygen atoms in total. The molecule has 2 heterocycles. The summed E-state index contributed by atoms with van der Waals surface area (Å²) < 4.78 is 4.96. The lowest BCUT2D eigenvalue weighted by Crippen LogP contribution is -2.55. The van der Waals surface area contributed by atoms with Gasteiger partial charge in [-0.2, -0.15) is 4.90 Å². The zero-order chi connectivity index (χ0) is 16.3. The topological polar surface area (TPSA) is 56.3 Å². The first-order valence-corrected chi connectivity index (χ1v) is 9.22. The van der Waals surface area contributed by atoms with E-state index >= 15 is 0 Å². The molecule has 0 saturated carbocycles. The summed E-state index contributed by atoms with van der Waals surface area (Å²) in [7, 11) is 1.48. The summed E-state index contributed by atoms with van der Waals surface area (Å²) in [6.07, 6.45) is 13.6. The van der Waals surface area contributed by atoms with Crippen LogP contribution in [0.15, 0.2) is 12.2 Å². The van der Waals surface area contributed by atoms with Gasteiger partial charge in [0, 0.05) is 19.4 Å². The van der Waals surface area contributed by atoms with Gasteiger partial charge in [-0.05, 0) is 38.5 Å². The molecular formula is C18H33N3O2+. The van der Waals surface area contributed by atoms with Crippen molar-refractivity contribution in [2.24, 2.45) is 0 Å². The number of methoxy groups -OCH3 is 1. The summed E-state index contributed by atoms with van der Waals surface area (Å²) in [6, 6.07) is 0.329. The van der Waals surface area contributed by atoms with Gasteiger partial charge in [-0.3, -0.25) is 15.4 Å². The maximum Gasteiger partial charge on any atom is 0.322 e. The van der Waals surface area contributed by atoms with E-state index in [9.17, 15) is 4.79 Å². The van der Waals surface area contributed by atoms with Crippen LogP contribution in [0.5, 0.6) is 0 Å². The van der Waals surface area contributed by atoms with Crippen LogP contribution in [0.2, 0.25) is 0 Å². The fraction of sp³-hybridized carbons (Fsp3) is 0.833. The molecule has 2 aliphatic heterocycles. The second kappa shape index (κ2) is 10.8. The lowest BCUT2D eigenvalue weighted by atomic mass is 10.0. The monoisotopic (exact) mass is 323 g/mol. The predicted octanol–water partition coefficient (Wildman–Crippen LogP) is 1.88. The lowest BCUT2D eigenvalue weighted by molar-refractivity contribution is -0.143. The number of piperidine rings is 1. The van der Waals surface area contributed by atoms with Crippen LogP contribution >= 0.6 is 0 Å². The van der Waals surface area contributed by atoms with Crippen LogP contribution in [0.4, 0.5) is 0 Å². The molecule has 5 heteroatoms. The number of hydrogen-bond acceptors (Lipinski definition) is 5. The van der Waals surface area contributed by atoms with Crippen LogP contribution in [-0.4, -0.2) is 51.5 Å². The zero-order valence-electron chi connectivity index (χ0n) is 14.6. The molecule has 0 spiro atoms. The van der Waals surface area contributed by atoms with Crippen LogP contribution in [0.3, 0.4) is 0 Å². The summed E-state index contributed by atoms with van der Waals surface area (Å²) in [6.45, 7) is 4.08. The molecule has 1 saturated heterocycles. The molecule has 1 fully saturated rings. The molecule has 0 aromatic rings. The molecule has 2 rings (SSSR count). The highest BCUT2D eigenvalue weighted by molar-refractivity contribution is 5.75. The largest absolute Gasteiger partial charge is 0.468 e. The van der Waals surface area contributed by atoms with Crippen molar-refractivity contribution in [1.82, 2.24) is 15.5 Å². The number of carbonyl (C=O) groups excluding carboxylic acids is 1. The molecule has 2 unspecified atom stereocenters. The standard InChI is InChI=1S/C18H33N3O2/c1-23-18(22)17-11-6-4-2-3-5-8-12-19-15-21-13-9-7-10-16(21)14-20-17/h2,4,16-17,19-20H,3,5-15H2,1H3/q+1. The van der Waals surface area contributed by atoms with Crippen molar-refractivity contribution in [2.45, 2.75) is 63.5 Å². The highest BCUT2D eigenvalue weighted by atomic mass is 16.5. The fourth-order valence-corrected chi connectivity index (χ4v) is 3.46. The van der Waals surface area contributed by atoms with Crippen molar-refractivity contribution in [3.63, 3.8) is 0 Å². The third kappa shape index (κ3) is 6.61. The highest BCUT2D eigenvalue weighted by Crippen LogP contribution is 2.14. The fourth-order valence-electron chi connectivity index (χ4n) is 3.46. The van der Waals surface area contributed by atoms with E-state index in [-0.39, 0.29) is 12.0 Å². The van der Waals surface area contributed by atoms with Gasteiger partial charge in [0.1, 0.15) is 18.6 Å². The Balaban J connectivity index is 1.95. The zero-order valence-corrected chi connectivity index (χ0v) is 14.6. The smallest absolute Gasteiger partial charge is 0.322 e. The molecule has 0 aliphatic carbocycles. The third-order valence-electron chi connectivity index (χ3n) is 4.91. The van der Waals surface area contributed by atoms with Crippen molar-refractivity contribution in [3.05, 3.63) is 12.2 Å². The van der Waals surface area contributed by atoms with Crippen molar-refractivity contribution in [1.29, 1.82) is 0 Å². The Hall–Kier alpha value is -0.910. The number of carbonyl (C=O) groups is 1. The van der Waals surface area contributed by atoms with E-state index in [2.05, 4.69) is 27.7 Å². The van der Waals surface area contributed by atoms with Gasteiger partial charge in [-0.1, -0.05) is 12.2 Å². The number of hydrogen-bond donors (Lipinski definition) is 2. The number of fused-ring (bicyclic) bond motifs is 1. The van der Waals surface area contributed by atoms with Crippen molar-refractivity contribution in [2.75, 3.05) is 33.4 Å². The SMILES string of the molecule is COC(=O)C1CCC=CCCCCNC[N+]2CCCCC2CN1. The van der Waals surface area contributed by atoms with Gasteiger partial charge in [0.2, 0.25) is 0 Å². The molecule has 23 heavy (non-hydrogen) atoms. The van der Waals surface area contributed by atoms with Crippen LogP contribution in [0, 0.1) is 0 Å². The van der Waals surface area contributed by atoms with Crippen molar-refractivity contribution < 1.29 is 9.53 Å². The molecule has 131 valence electrons. The summed E-state index contributed by atoms with van der Waals surface area (Å²) in [4.78, 5) is 14.5. The summed E-state index contributed by atoms with van der Waals surface area (Å²) in [5.74, 6) is -0.136. The maximum absolute atomic E-state index is 12.0. The van der Waals surface area contributed by atoms with Gasteiger partial charge in [0.15, 0.2) is 6.67 Å². The normalized spacial score (nSPS) is 29.1. The molecule has 0 aromatic heterocycles. The number of esters is 1. The van der Waals surface area contributed by atoms with E-state index in [0.717, 1.165) is 45.6 Å². The quantitative estimate of drug-likeness (QED) is 0.439. The Morgan fingerprint density at radius 3 is 2.87 bits per heavy atom. The van der Waals surface area contributed by atoms with Gasteiger partial charge in [-0.25, -0.2) is 0 Å². The predicted molar refractivity (Wildman–Crippen MR) is 93.5 cm³/mol. The van der Waals surface area contributed by atoms with Crippen LogP contribution in [0.1, 0.15) is 51.4 Å². The Morgan fingerprint density at radius 2 is 2.00 bits per heavy atom. The van der Waals surface area contributed by atoms with E-state index in [1.165, 1.54) is 39.2 Å². The molecule has 0 bridgehead atoms. The molecule has 0 aromatic carbocycles. The first-order chi connectivity index (χ1) is 11.3. The molecule has 2 N–H and O–H groups in total. The number of nitrogens with zero attached hydrogens (tertiary/aromatic N) is 1. The second-order valence-corrected chi connectivity index (χ2v) is 6.65. The Kier molecular flexibility index (Phi) is 8.64. The first kappa shape index (κ1) is 18.4. The van der Waals surface area contributed by atoms with E-state index in [4.69, 9.17) is 4.74 Å². The number of ether oxygens (including phenoxy) is 1. The van der Waals surface area contributed by atoms with Gasteiger partial charge in [0.05, 0.1) is 13.7 Å². The third-order valence-corrected chi connectivity index (χ3v) is 4.91. The molecule has 0 amide bonds. The van der Waals surface area contributed by atoms with Gasteiger partial charge in [0.25, 0.3) is 0 Å². The van der Waals surface area contributed by atoms with Crippen LogP contribution in [-0.2, 0) is 9.53 Å². The minimum Gasteiger partial charge on any atom is -0.468 e. The van der Waals surface area contributed by atoms with Gasteiger partial charge >= 0.3 is 5.97 Å².